The summed E-state index contributed by atoms with van der Waals surface area (Å²) in [7, 11) is 1.48. The number of fused-ring (bicyclic) bond motifs is 1. The van der Waals surface area contributed by atoms with E-state index in [2.05, 4.69) is 15.9 Å². The van der Waals surface area contributed by atoms with Crippen molar-refractivity contribution in [2.75, 3.05) is 7.11 Å². The first-order valence-corrected chi connectivity index (χ1v) is 6.86. The van der Waals surface area contributed by atoms with Gasteiger partial charge in [0.2, 0.25) is 11.2 Å². The molecule has 0 N–H and O–H groups in total. The van der Waals surface area contributed by atoms with Gasteiger partial charge in [-0.1, -0.05) is 28.1 Å². The van der Waals surface area contributed by atoms with E-state index in [4.69, 9.17) is 9.15 Å². The summed E-state index contributed by atoms with van der Waals surface area (Å²) in [4.78, 5) is 12.4. The van der Waals surface area contributed by atoms with Crippen LogP contribution in [0.3, 0.4) is 0 Å². The van der Waals surface area contributed by atoms with E-state index in [-0.39, 0.29) is 11.2 Å². The lowest BCUT2D eigenvalue weighted by Gasteiger charge is -2.08. The molecule has 0 saturated carbocycles. The first-order chi connectivity index (χ1) is 9.70. The zero-order valence-electron chi connectivity index (χ0n) is 10.7. The van der Waals surface area contributed by atoms with E-state index in [1.807, 2.05) is 30.3 Å². The summed E-state index contributed by atoms with van der Waals surface area (Å²) in [6, 6.07) is 14.7. The van der Waals surface area contributed by atoms with Gasteiger partial charge in [-0.15, -0.1) is 0 Å². The molecule has 1 heterocycles. The average Bonchev–Trinajstić information content (AvgIpc) is 2.48. The number of hydrogen-bond donors (Lipinski definition) is 0. The molecule has 4 heteroatoms. The van der Waals surface area contributed by atoms with Crippen molar-refractivity contribution in [2.45, 2.75) is 0 Å². The summed E-state index contributed by atoms with van der Waals surface area (Å²) in [5.41, 5.74) is 1.19. The normalized spacial score (nSPS) is 10.7. The zero-order chi connectivity index (χ0) is 14.1. The summed E-state index contributed by atoms with van der Waals surface area (Å²) in [6.07, 6.45) is 0. The molecule has 0 aliphatic carbocycles. The molecule has 1 aromatic heterocycles. The van der Waals surface area contributed by atoms with Crippen molar-refractivity contribution in [1.82, 2.24) is 0 Å². The van der Waals surface area contributed by atoms with Gasteiger partial charge in [0, 0.05) is 10.0 Å². The monoisotopic (exact) mass is 330 g/mol. The number of halogens is 1. The molecule has 3 nitrogen and oxygen atoms in total. The molecule has 2 aromatic carbocycles. The minimum absolute atomic E-state index is 0.160. The van der Waals surface area contributed by atoms with Crippen LogP contribution in [0.1, 0.15) is 0 Å². The third-order valence-corrected chi connectivity index (χ3v) is 3.60. The van der Waals surface area contributed by atoms with Gasteiger partial charge < -0.3 is 9.15 Å². The molecule has 0 aliphatic rings. The molecule has 0 saturated heterocycles. The molecule has 3 aromatic rings. The first-order valence-electron chi connectivity index (χ1n) is 6.06. The van der Waals surface area contributed by atoms with Crippen molar-refractivity contribution in [1.29, 1.82) is 0 Å². The maximum absolute atomic E-state index is 12.4. The zero-order valence-corrected chi connectivity index (χ0v) is 12.3. The van der Waals surface area contributed by atoms with Gasteiger partial charge in [-0.05, 0) is 36.4 Å². The Morgan fingerprint density at radius 3 is 2.45 bits per heavy atom. The second-order valence-corrected chi connectivity index (χ2v) is 5.21. The highest BCUT2D eigenvalue weighted by atomic mass is 79.9. The Morgan fingerprint density at radius 2 is 1.75 bits per heavy atom. The highest BCUT2D eigenvalue weighted by Gasteiger charge is 2.16. The standard InChI is InChI=1S/C16H11BrO3/c1-19-16-14(18)12-4-2-3-5-13(12)20-15(16)10-6-8-11(17)9-7-10/h2-9H,1H3. The molecule has 100 valence electrons. The molecule has 0 atom stereocenters. The van der Waals surface area contributed by atoms with Crippen LogP contribution < -0.4 is 10.2 Å². The average molecular weight is 331 g/mol. The van der Waals surface area contributed by atoms with E-state index in [0.29, 0.717) is 16.7 Å². The van der Waals surface area contributed by atoms with E-state index in [1.165, 1.54) is 7.11 Å². The molecular formula is C16H11BrO3. The van der Waals surface area contributed by atoms with Crippen LogP contribution in [0.15, 0.2) is 62.2 Å². The third-order valence-electron chi connectivity index (χ3n) is 3.07. The predicted octanol–water partition coefficient (Wildman–Crippen LogP) is 4.23. The Morgan fingerprint density at radius 1 is 1.05 bits per heavy atom. The van der Waals surface area contributed by atoms with Crippen LogP contribution in [-0.2, 0) is 0 Å². The Kier molecular flexibility index (Phi) is 3.32. The topological polar surface area (TPSA) is 39.4 Å². The lowest BCUT2D eigenvalue weighted by atomic mass is 10.1. The SMILES string of the molecule is COc1c(-c2ccc(Br)cc2)oc2ccccc2c1=O. The van der Waals surface area contributed by atoms with Crippen molar-refractivity contribution in [3.8, 4) is 17.1 Å². The number of rotatable bonds is 2. The maximum atomic E-state index is 12.4. The summed E-state index contributed by atoms with van der Waals surface area (Å²) in [5, 5.41) is 0.519. The Balaban J connectivity index is 2.34. The number of benzene rings is 2. The van der Waals surface area contributed by atoms with Crippen LogP contribution in [0.4, 0.5) is 0 Å². The first kappa shape index (κ1) is 12.9. The molecule has 0 bridgehead atoms. The molecule has 3 rings (SSSR count). The van der Waals surface area contributed by atoms with Gasteiger partial charge in [0.15, 0.2) is 5.76 Å². The number of ether oxygens (including phenoxy) is 1. The van der Waals surface area contributed by atoms with E-state index < -0.39 is 0 Å². The van der Waals surface area contributed by atoms with Gasteiger partial charge in [0.1, 0.15) is 5.58 Å². The minimum Gasteiger partial charge on any atom is -0.490 e. The number of hydrogen-bond acceptors (Lipinski definition) is 3. The van der Waals surface area contributed by atoms with Gasteiger partial charge in [-0.25, -0.2) is 0 Å². The molecule has 0 unspecified atom stereocenters. The lowest BCUT2D eigenvalue weighted by Crippen LogP contribution is -2.07. The van der Waals surface area contributed by atoms with Crippen LogP contribution in [0.2, 0.25) is 0 Å². The van der Waals surface area contributed by atoms with Gasteiger partial charge in [-0.3, -0.25) is 4.79 Å². The second kappa shape index (κ2) is 5.13. The summed E-state index contributed by atoms with van der Waals surface area (Å²) < 4.78 is 12.1. The molecule has 20 heavy (non-hydrogen) atoms. The van der Waals surface area contributed by atoms with E-state index in [9.17, 15) is 4.79 Å². The van der Waals surface area contributed by atoms with Crippen LogP contribution in [0.25, 0.3) is 22.3 Å². The van der Waals surface area contributed by atoms with Crippen LogP contribution in [-0.4, -0.2) is 7.11 Å². The molecule has 0 aliphatic heterocycles. The van der Waals surface area contributed by atoms with Crippen LogP contribution >= 0.6 is 15.9 Å². The molecule has 0 amide bonds. The van der Waals surface area contributed by atoms with Gasteiger partial charge in [-0.2, -0.15) is 0 Å². The fourth-order valence-corrected chi connectivity index (χ4v) is 2.37. The van der Waals surface area contributed by atoms with Crippen molar-refractivity contribution in [2.24, 2.45) is 0 Å². The van der Waals surface area contributed by atoms with Gasteiger partial charge >= 0.3 is 0 Å². The summed E-state index contributed by atoms with van der Waals surface area (Å²) in [5.74, 6) is 0.676. The largest absolute Gasteiger partial charge is 0.490 e. The van der Waals surface area contributed by atoms with E-state index in [0.717, 1.165) is 10.0 Å². The van der Waals surface area contributed by atoms with Crippen molar-refractivity contribution < 1.29 is 9.15 Å². The number of methoxy groups -OCH3 is 1. The smallest absolute Gasteiger partial charge is 0.235 e. The second-order valence-electron chi connectivity index (χ2n) is 4.30. The highest BCUT2D eigenvalue weighted by molar-refractivity contribution is 9.10. The number of para-hydroxylation sites is 1. The molecule has 0 spiro atoms. The Labute approximate surface area is 123 Å². The fraction of sp³-hybridized carbons (Fsp3) is 0.0625. The summed E-state index contributed by atoms with van der Waals surface area (Å²) >= 11 is 3.38. The quantitative estimate of drug-likeness (QED) is 0.705. The van der Waals surface area contributed by atoms with Gasteiger partial charge in [0.25, 0.3) is 0 Å². The Hall–Kier alpha value is -2.07. The fourth-order valence-electron chi connectivity index (χ4n) is 2.10. The summed E-state index contributed by atoms with van der Waals surface area (Å²) in [6.45, 7) is 0. The van der Waals surface area contributed by atoms with Crippen LogP contribution in [0, 0.1) is 0 Å². The van der Waals surface area contributed by atoms with Gasteiger partial charge in [0.05, 0.1) is 12.5 Å². The third kappa shape index (κ3) is 2.12. The highest BCUT2D eigenvalue weighted by Crippen LogP contribution is 2.31. The van der Waals surface area contributed by atoms with Crippen LogP contribution in [0.5, 0.6) is 5.75 Å². The Bertz CT molecular complexity index is 819. The van der Waals surface area contributed by atoms with Crippen molar-refractivity contribution >= 4 is 26.9 Å². The molecular weight excluding hydrogens is 320 g/mol. The molecule has 0 fully saturated rings. The predicted molar refractivity (Wildman–Crippen MR) is 82.2 cm³/mol. The molecule has 0 radical (unpaired) electrons. The van der Waals surface area contributed by atoms with Crippen molar-refractivity contribution in [3.05, 3.63) is 63.2 Å². The van der Waals surface area contributed by atoms with Crippen molar-refractivity contribution in [3.63, 3.8) is 0 Å². The maximum Gasteiger partial charge on any atom is 0.235 e. The van der Waals surface area contributed by atoms with E-state index >= 15 is 0 Å². The minimum atomic E-state index is -0.160. The lowest BCUT2D eigenvalue weighted by molar-refractivity contribution is 0.399. The van der Waals surface area contributed by atoms with E-state index in [1.54, 1.807) is 18.2 Å².